The van der Waals surface area contributed by atoms with Crippen molar-refractivity contribution in [3.8, 4) is 12.3 Å². The maximum Gasteiger partial charge on any atom is 0.217 e. The Morgan fingerprint density at radius 1 is 0.725 bits per heavy atom. The summed E-state index contributed by atoms with van der Waals surface area (Å²) in [6.45, 7) is -1.40. The number of carbonyl (C=O) groups excluding carboxylic acids is 1. The second-order valence-electron chi connectivity index (χ2n) is 9.56. The van der Waals surface area contributed by atoms with Gasteiger partial charge in [0.2, 0.25) is 5.91 Å². The normalized spacial score (nSPS) is 46.0. The summed E-state index contributed by atoms with van der Waals surface area (Å²) in [5, 5.41) is 94.6. The molecule has 17 nitrogen and oxygen atoms in total. The van der Waals surface area contributed by atoms with Crippen LogP contribution in [0.4, 0.5) is 0 Å². The Balaban J connectivity index is 1.82. The topological polar surface area (TPSA) is 267 Å². The molecule has 3 aliphatic heterocycles. The Bertz CT molecular complexity index is 857. The summed E-state index contributed by atoms with van der Waals surface area (Å²) < 4.78 is 33.0. The molecule has 3 heterocycles. The number of ether oxygens (including phenoxy) is 6. The van der Waals surface area contributed by atoms with E-state index in [0.29, 0.717) is 0 Å². The SMILES string of the molecule is C#CCO[C@@H]1OC(CO)[C@H](O[C@@H]2OC(CO)[C@H](O)C(O[C@@H]3OC(CO)[C@H](O)C(O)C3O)C2O)C(O)C1NC(C)=O. The zero-order valence-corrected chi connectivity index (χ0v) is 21.4. The molecule has 15 atom stereocenters. The minimum absolute atomic E-state index is 0.255. The molecule has 0 aliphatic carbocycles. The van der Waals surface area contributed by atoms with Gasteiger partial charge in [-0.25, -0.2) is 0 Å². The number of hydrogen-bond acceptors (Lipinski definition) is 16. The van der Waals surface area contributed by atoms with E-state index >= 15 is 0 Å². The molecule has 0 aromatic heterocycles. The van der Waals surface area contributed by atoms with Gasteiger partial charge in [0.15, 0.2) is 18.9 Å². The molecule has 0 spiro atoms. The average molecular weight is 584 g/mol. The minimum Gasteiger partial charge on any atom is -0.394 e. The molecule has 17 heteroatoms. The molecule has 3 saturated heterocycles. The average Bonchev–Trinajstić information content (AvgIpc) is 2.93. The monoisotopic (exact) mass is 583 g/mol. The molecule has 1 amide bonds. The fourth-order valence-corrected chi connectivity index (χ4v) is 4.71. The molecular weight excluding hydrogens is 546 g/mol. The van der Waals surface area contributed by atoms with Crippen LogP contribution >= 0.6 is 0 Å². The Morgan fingerprint density at radius 3 is 1.80 bits per heavy atom. The number of rotatable bonds is 10. The second-order valence-corrected chi connectivity index (χ2v) is 9.56. The smallest absolute Gasteiger partial charge is 0.217 e. The lowest BCUT2D eigenvalue weighted by molar-refractivity contribution is -0.375. The number of aliphatic hydroxyl groups is 9. The van der Waals surface area contributed by atoms with E-state index in [1.165, 1.54) is 6.92 Å². The lowest BCUT2D eigenvalue weighted by Gasteiger charge is -2.48. The zero-order valence-electron chi connectivity index (χ0n) is 21.4. The standard InChI is InChI=1S/C23H37NO16/c1-3-4-35-21-12(24-8(2)28)15(31)19(11(7-27)38-21)39-23-18(34)20(14(30)10(6-26)37-23)40-22-17(33)16(32)13(29)9(5-25)36-22/h1,9-23,25-27,29-34H,4-7H2,2H3,(H,24,28)/t9?,10?,11?,12?,13-,14-,15?,16?,17?,18?,19-,20?,21+,22-,23-/m0/s1. The van der Waals surface area contributed by atoms with Crippen LogP contribution in [0.3, 0.4) is 0 Å². The number of hydrogen-bond donors (Lipinski definition) is 10. The number of amides is 1. The van der Waals surface area contributed by atoms with Crippen molar-refractivity contribution in [1.29, 1.82) is 0 Å². The maximum atomic E-state index is 11.8. The molecule has 3 aliphatic rings. The summed E-state index contributed by atoms with van der Waals surface area (Å²) in [7, 11) is 0. The van der Waals surface area contributed by atoms with Gasteiger partial charge < -0.3 is 79.7 Å². The predicted octanol–water partition coefficient (Wildman–Crippen LogP) is -6.77. The van der Waals surface area contributed by atoms with Gasteiger partial charge in [-0.1, -0.05) is 5.92 Å². The van der Waals surface area contributed by atoms with Crippen LogP contribution in [0.2, 0.25) is 0 Å². The fourth-order valence-electron chi connectivity index (χ4n) is 4.71. The predicted molar refractivity (Wildman–Crippen MR) is 125 cm³/mol. The van der Waals surface area contributed by atoms with Crippen LogP contribution in [0.1, 0.15) is 6.92 Å². The first-order valence-electron chi connectivity index (χ1n) is 12.5. The van der Waals surface area contributed by atoms with Gasteiger partial charge in [0.25, 0.3) is 0 Å². The van der Waals surface area contributed by atoms with Gasteiger partial charge in [-0.2, -0.15) is 0 Å². The third-order valence-corrected chi connectivity index (χ3v) is 6.81. The van der Waals surface area contributed by atoms with Crippen molar-refractivity contribution in [2.75, 3.05) is 26.4 Å². The summed E-state index contributed by atoms with van der Waals surface area (Å²) in [5.41, 5.74) is 0. The lowest BCUT2D eigenvalue weighted by Crippen LogP contribution is -2.68. The van der Waals surface area contributed by atoms with Crippen LogP contribution in [-0.4, -0.2) is 170 Å². The van der Waals surface area contributed by atoms with E-state index in [9.17, 15) is 50.8 Å². The highest BCUT2D eigenvalue weighted by Crippen LogP contribution is 2.32. The molecule has 0 saturated carbocycles. The molecule has 0 bridgehead atoms. The summed E-state index contributed by atoms with van der Waals surface area (Å²) in [6.07, 6.45) is -17.6. The number of terminal acetylenes is 1. The van der Waals surface area contributed by atoms with Gasteiger partial charge in [0, 0.05) is 6.92 Å². The van der Waals surface area contributed by atoms with Crippen LogP contribution in [0.5, 0.6) is 0 Å². The second kappa shape index (κ2) is 14.6. The molecular formula is C23H37NO16. The molecule has 0 radical (unpaired) electrons. The molecule has 230 valence electrons. The quantitative estimate of drug-likeness (QED) is 0.107. The Morgan fingerprint density at radius 2 is 1.25 bits per heavy atom. The minimum atomic E-state index is -1.91. The van der Waals surface area contributed by atoms with Crippen molar-refractivity contribution in [2.45, 2.75) is 99.0 Å². The highest BCUT2D eigenvalue weighted by molar-refractivity contribution is 5.73. The largest absolute Gasteiger partial charge is 0.394 e. The van der Waals surface area contributed by atoms with Crippen LogP contribution in [-0.2, 0) is 33.2 Å². The van der Waals surface area contributed by atoms with Gasteiger partial charge >= 0.3 is 0 Å². The maximum absolute atomic E-state index is 11.8. The van der Waals surface area contributed by atoms with Gasteiger partial charge in [0.1, 0.15) is 79.8 Å². The van der Waals surface area contributed by atoms with Gasteiger partial charge in [-0.3, -0.25) is 4.79 Å². The van der Waals surface area contributed by atoms with E-state index in [2.05, 4.69) is 11.2 Å². The summed E-state index contributed by atoms with van der Waals surface area (Å²) in [5.74, 6) is 1.64. The third-order valence-electron chi connectivity index (χ3n) is 6.81. The van der Waals surface area contributed by atoms with Crippen molar-refractivity contribution < 1.29 is 79.2 Å². The molecule has 3 rings (SSSR count). The first-order valence-corrected chi connectivity index (χ1v) is 12.5. The lowest BCUT2D eigenvalue weighted by atomic mass is 9.95. The molecule has 3 fully saturated rings. The van der Waals surface area contributed by atoms with E-state index < -0.39 is 118 Å². The van der Waals surface area contributed by atoms with Crippen LogP contribution in [0, 0.1) is 12.3 Å². The van der Waals surface area contributed by atoms with Gasteiger partial charge in [0.05, 0.1) is 19.8 Å². The number of aliphatic hydroxyl groups excluding tert-OH is 9. The van der Waals surface area contributed by atoms with Crippen molar-refractivity contribution in [3.63, 3.8) is 0 Å². The van der Waals surface area contributed by atoms with Crippen LogP contribution in [0.15, 0.2) is 0 Å². The summed E-state index contributed by atoms with van der Waals surface area (Å²) in [6, 6.07) is -1.25. The van der Waals surface area contributed by atoms with Gasteiger partial charge in [-0.05, 0) is 0 Å². The van der Waals surface area contributed by atoms with Crippen molar-refractivity contribution in [2.24, 2.45) is 0 Å². The van der Waals surface area contributed by atoms with Crippen LogP contribution < -0.4 is 5.32 Å². The van der Waals surface area contributed by atoms with Crippen molar-refractivity contribution in [1.82, 2.24) is 5.32 Å². The molecule has 0 aromatic rings. The number of carbonyl (C=O) groups is 1. The van der Waals surface area contributed by atoms with E-state index in [1.54, 1.807) is 0 Å². The first-order chi connectivity index (χ1) is 19.0. The van der Waals surface area contributed by atoms with Crippen molar-refractivity contribution in [3.05, 3.63) is 0 Å². The first kappa shape index (κ1) is 32.9. The van der Waals surface area contributed by atoms with E-state index in [-0.39, 0.29) is 6.61 Å². The molecule has 0 aromatic carbocycles. The Hall–Kier alpha value is -1.57. The van der Waals surface area contributed by atoms with E-state index in [0.717, 1.165) is 0 Å². The molecule has 9 unspecified atom stereocenters. The Kier molecular flexibility index (Phi) is 12.0. The highest BCUT2D eigenvalue weighted by atomic mass is 16.8. The van der Waals surface area contributed by atoms with Gasteiger partial charge in [-0.15, -0.1) is 6.42 Å². The molecule has 40 heavy (non-hydrogen) atoms. The van der Waals surface area contributed by atoms with Crippen LogP contribution in [0.25, 0.3) is 0 Å². The van der Waals surface area contributed by atoms with E-state index in [4.69, 9.17) is 34.8 Å². The van der Waals surface area contributed by atoms with E-state index in [1.807, 2.05) is 0 Å². The molecule has 10 N–H and O–H groups in total. The highest BCUT2D eigenvalue weighted by Gasteiger charge is 2.54. The van der Waals surface area contributed by atoms with Crippen molar-refractivity contribution >= 4 is 5.91 Å². The zero-order chi connectivity index (χ0) is 29.7. The third kappa shape index (κ3) is 7.07. The summed E-state index contributed by atoms with van der Waals surface area (Å²) >= 11 is 0. The number of nitrogens with one attached hydrogen (secondary N) is 1. The Labute approximate surface area is 228 Å². The summed E-state index contributed by atoms with van der Waals surface area (Å²) in [4.78, 5) is 11.8. The fraction of sp³-hybridized carbons (Fsp3) is 0.870.